The zero-order chi connectivity index (χ0) is 15.4. The van der Waals surface area contributed by atoms with Gasteiger partial charge in [-0.05, 0) is 34.9 Å². The van der Waals surface area contributed by atoms with Crippen molar-refractivity contribution in [3.8, 4) is 17.6 Å². The van der Waals surface area contributed by atoms with Crippen LogP contribution in [0.5, 0.6) is 5.75 Å². The normalized spacial score (nSPS) is 9.86. The van der Waals surface area contributed by atoms with Crippen LogP contribution in [-0.2, 0) is 0 Å². The Morgan fingerprint density at radius 1 is 0.909 bits per heavy atom. The van der Waals surface area contributed by atoms with E-state index in [0.717, 1.165) is 16.3 Å². The van der Waals surface area contributed by atoms with E-state index in [9.17, 15) is 4.79 Å². The minimum Gasteiger partial charge on any atom is -0.496 e. The molecule has 3 aromatic rings. The zero-order valence-electron chi connectivity index (χ0n) is 12.2. The van der Waals surface area contributed by atoms with Gasteiger partial charge in [0.25, 0.3) is 0 Å². The highest BCUT2D eigenvalue weighted by Gasteiger charge is 2.08. The summed E-state index contributed by atoms with van der Waals surface area (Å²) in [5.74, 6) is 5.99. The topological polar surface area (TPSA) is 26.3 Å². The standard InChI is InChI=1S/C20H14O2/c1-22-20-12-5-4-11-18(20)19(21)14-13-16-9-6-8-15-7-2-3-10-17(15)16/h2-12H,1H3. The van der Waals surface area contributed by atoms with Crippen molar-refractivity contribution in [2.45, 2.75) is 0 Å². The first kappa shape index (κ1) is 13.9. The lowest BCUT2D eigenvalue weighted by Crippen LogP contribution is -1.99. The number of rotatable bonds is 2. The van der Waals surface area contributed by atoms with E-state index in [0.29, 0.717) is 11.3 Å². The summed E-state index contributed by atoms with van der Waals surface area (Å²) >= 11 is 0. The second-order valence-electron chi connectivity index (χ2n) is 4.81. The predicted octanol–water partition coefficient (Wildman–Crippen LogP) is 4.08. The Bertz CT molecular complexity index is 893. The molecule has 0 unspecified atom stereocenters. The van der Waals surface area contributed by atoms with E-state index >= 15 is 0 Å². The van der Waals surface area contributed by atoms with Crippen LogP contribution < -0.4 is 4.74 Å². The molecule has 22 heavy (non-hydrogen) atoms. The second kappa shape index (κ2) is 6.15. The number of ether oxygens (including phenoxy) is 1. The molecule has 3 aromatic carbocycles. The van der Waals surface area contributed by atoms with E-state index in [4.69, 9.17) is 4.74 Å². The van der Waals surface area contributed by atoms with Gasteiger partial charge in [-0.2, -0.15) is 0 Å². The molecule has 0 aliphatic carbocycles. The monoisotopic (exact) mass is 286 g/mol. The molecule has 0 aliphatic heterocycles. The van der Waals surface area contributed by atoms with Crippen molar-refractivity contribution < 1.29 is 9.53 Å². The summed E-state index contributed by atoms with van der Waals surface area (Å²) in [6.07, 6.45) is 0. The summed E-state index contributed by atoms with van der Waals surface area (Å²) in [6, 6.07) is 21.0. The highest BCUT2D eigenvalue weighted by molar-refractivity contribution is 6.11. The number of hydrogen-bond donors (Lipinski definition) is 0. The minimum absolute atomic E-state index is 0.245. The molecule has 0 radical (unpaired) electrons. The smallest absolute Gasteiger partial charge is 0.239 e. The zero-order valence-corrected chi connectivity index (χ0v) is 12.2. The van der Waals surface area contributed by atoms with Crippen LogP contribution in [0.2, 0.25) is 0 Å². The molecule has 0 amide bonds. The quantitative estimate of drug-likeness (QED) is 0.524. The Balaban J connectivity index is 1.99. The van der Waals surface area contributed by atoms with Crippen LogP contribution in [0.4, 0.5) is 0 Å². The summed E-state index contributed by atoms with van der Waals surface area (Å²) in [4.78, 5) is 12.3. The molecule has 0 saturated carbocycles. The molecule has 2 heteroatoms. The Hall–Kier alpha value is -3.05. The number of ketones is 1. The lowest BCUT2D eigenvalue weighted by molar-refractivity contribution is 0.105. The highest BCUT2D eigenvalue weighted by Crippen LogP contribution is 2.19. The van der Waals surface area contributed by atoms with Crippen LogP contribution in [0.15, 0.2) is 66.7 Å². The predicted molar refractivity (Wildman–Crippen MR) is 88.2 cm³/mol. The van der Waals surface area contributed by atoms with Gasteiger partial charge in [0.2, 0.25) is 5.78 Å². The molecule has 2 nitrogen and oxygen atoms in total. The Labute approximate surface area is 129 Å². The minimum atomic E-state index is -0.245. The van der Waals surface area contributed by atoms with Gasteiger partial charge in [0, 0.05) is 5.56 Å². The molecule has 0 bridgehead atoms. The molecule has 0 spiro atoms. The van der Waals surface area contributed by atoms with Gasteiger partial charge in [0.15, 0.2) is 0 Å². The van der Waals surface area contributed by atoms with E-state index in [1.165, 1.54) is 0 Å². The molecule has 3 rings (SSSR count). The third kappa shape index (κ3) is 2.70. The largest absolute Gasteiger partial charge is 0.496 e. The molecular weight excluding hydrogens is 272 g/mol. The molecule has 0 saturated heterocycles. The third-order valence-electron chi connectivity index (χ3n) is 3.45. The van der Waals surface area contributed by atoms with Gasteiger partial charge in [-0.3, -0.25) is 4.79 Å². The summed E-state index contributed by atoms with van der Waals surface area (Å²) in [6.45, 7) is 0. The van der Waals surface area contributed by atoms with Gasteiger partial charge < -0.3 is 4.74 Å². The number of methoxy groups -OCH3 is 1. The first-order valence-electron chi connectivity index (χ1n) is 6.97. The van der Waals surface area contributed by atoms with Crippen molar-refractivity contribution in [1.29, 1.82) is 0 Å². The van der Waals surface area contributed by atoms with Crippen molar-refractivity contribution >= 4 is 16.6 Å². The highest BCUT2D eigenvalue weighted by atomic mass is 16.5. The van der Waals surface area contributed by atoms with Gasteiger partial charge in [-0.1, -0.05) is 54.5 Å². The van der Waals surface area contributed by atoms with Gasteiger partial charge in [-0.25, -0.2) is 0 Å². The van der Waals surface area contributed by atoms with Crippen LogP contribution >= 0.6 is 0 Å². The SMILES string of the molecule is COc1ccccc1C(=O)C#Cc1cccc2ccccc12. The maximum absolute atomic E-state index is 12.3. The lowest BCUT2D eigenvalue weighted by atomic mass is 10.0. The number of hydrogen-bond acceptors (Lipinski definition) is 2. The molecule has 0 heterocycles. The maximum Gasteiger partial charge on any atom is 0.239 e. The average Bonchev–Trinajstić information content (AvgIpc) is 2.59. The molecule has 0 aromatic heterocycles. The number of carbonyl (C=O) groups is 1. The molecule has 0 atom stereocenters. The summed E-state index contributed by atoms with van der Waals surface area (Å²) in [7, 11) is 1.55. The van der Waals surface area contributed by atoms with Crippen LogP contribution in [0.3, 0.4) is 0 Å². The average molecular weight is 286 g/mol. The van der Waals surface area contributed by atoms with E-state index in [-0.39, 0.29) is 5.78 Å². The molecule has 106 valence electrons. The van der Waals surface area contributed by atoms with E-state index in [1.54, 1.807) is 25.3 Å². The number of fused-ring (bicyclic) bond motifs is 1. The first-order valence-corrected chi connectivity index (χ1v) is 6.97. The van der Waals surface area contributed by atoms with Crippen LogP contribution in [0.1, 0.15) is 15.9 Å². The molecule has 0 N–H and O–H groups in total. The number of Topliss-reactive ketones (excluding diaryl/α,β-unsaturated/α-hetero) is 1. The van der Waals surface area contributed by atoms with Gasteiger partial charge >= 0.3 is 0 Å². The van der Waals surface area contributed by atoms with Crippen molar-refractivity contribution in [2.75, 3.05) is 7.11 Å². The fourth-order valence-electron chi connectivity index (χ4n) is 2.36. The number of para-hydroxylation sites is 1. The van der Waals surface area contributed by atoms with Crippen LogP contribution in [0.25, 0.3) is 10.8 Å². The summed E-state index contributed by atoms with van der Waals surface area (Å²) in [5.41, 5.74) is 1.33. The fourth-order valence-corrected chi connectivity index (χ4v) is 2.36. The summed E-state index contributed by atoms with van der Waals surface area (Å²) < 4.78 is 5.20. The van der Waals surface area contributed by atoms with Crippen LogP contribution in [-0.4, -0.2) is 12.9 Å². The van der Waals surface area contributed by atoms with E-state index < -0.39 is 0 Å². The van der Waals surface area contributed by atoms with Crippen molar-refractivity contribution in [3.63, 3.8) is 0 Å². The Kier molecular flexibility index (Phi) is 3.89. The maximum atomic E-state index is 12.3. The third-order valence-corrected chi connectivity index (χ3v) is 3.45. The van der Waals surface area contributed by atoms with Gasteiger partial charge in [0.1, 0.15) is 5.75 Å². The number of benzene rings is 3. The van der Waals surface area contributed by atoms with Crippen molar-refractivity contribution in [3.05, 3.63) is 77.9 Å². The molecule has 0 aliphatic rings. The van der Waals surface area contributed by atoms with Gasteiger partial charge in [-0.15, -0.1) is 0 Å². The van der Waals surface area contributed by atoms with Crippen molar-refractivity contribution in [1.82, 2.24) is 0 Å². The van der Waals surface area contributed by atoms with E-state index in [1.807, 2.05) is 48.5 Å². The van der Waals surface area contributed by atoms with E-state index in [2.05, 4.69) is 11.8 Å². The molecule has 0 fully saturated rings. The van der Waals surface area contributed by atoms with Crippen LogP contribution in [0, 0.1) is 11.8 Å². The first-order chi connectivity index (χ1) is 10.8. The Morgan fingerprint density at radius 2 is 1.64 bits per heavy atom. The number of carbonyl (C=O) groups excluding carboxylic acids is 1. The second-order valence-corrected chi connectivity index (χ2v) is 4.81. The summed E-state index contributed by atoms with van der Waals surface area (Å²) in [5, 5.41) is 2.16. The lowest BCUT2D eigenvalue weighted by Gasteiger charge is -2.03. The fraction of sp³-hybridized carbons (Fsp3) is 0.0500. The van der Waals surface area contributed by atoms with Gasteiger partial charge in [0.05, 0.1) is 12.7 Å². The molecular formula is C20H14O2. The Morgan fingerprint density at radius 3 is 2.50 bits per heavy atom. The van der Waals surface area contributed by atoms with Crippen molar-refractivity contribution in [2.24, 2.45) is 0 Å².